The number of pyridine rings is 1. The molecule has 1 aromatic carbocycles. The van der Waals surface area contributed by atoms with Gasteiger partial charge in [-0.05, 0) is 37.1 Å². The number of aliphatic hydroxyl groups is 1. The van der Waals surface area contributed by atoms with Crippen molar-refractivity contribution >= 4 is 22.3 Å². The molecule has 1 unspecified atom stereocenters. The molecule has 0 aliphatic carbocycles. The lowest BCUT2D eigenvalue weighted by Gasteiger charge is -2.12. The Morgan fingerprint density at radius 2 is 2.22 bits per heavy atom. The highest BCUT2D eigenvalue weighted by atomic mass is 16.3. The van der Waals surface area contributed by atoms with Crippen molar-refractivity contribution in [2.45, 2.75) is 25.9 Å². The second-order valence-electron chi connectivity index (χ2n) is 4.38. The fraction of sp³-hybridized carbons (Fsp3) is 0.357. The second-order valence-corrected chi connectivity index (χ2v) is 4.38. The molecule has 0 aliphatic rings. The fourth-order valence-corrected chi connectivity index (χ4v) is 1.93. The van der Waals surface area contributed by atoms with Gasteiger partial charge in [-0.3, -0.25) is 4.98 Å². The molecule has 4 N–H and O–H groups in total. The SMILES string of the molecule is CCC(O)CCNc1ccc(N)c2ncccc12. The number of benzene rings is 1. The first-order chi connectivity index (χ1) is 8.72. The first-order valence-corrected chi connectivity index (χ1v) is 6.27. The molecular formula is C14H19N3O. The Hall–Kier alpha value is -1.81. The van der Waals surface area contributed by atoms with Gasteiger partial charge in [0.2, 0.25) is 0 Å². The summed E-state index contributed by atoms with van der Waals surface area (Å²) in [4.78, 5) is 4.29. The van der Waals surface area contributed by atoms with Crippen LogP contribution in [0.1, 0.15) is 19.8 Å². The summed E-state index contributed by atoms with van der Waals surface area (Å²) in [7, 11) is 0. The van der Waals surface area contributed by atoms with E-state index in [0.29, 0.717) is 5.69 Å². The van der Waals surface area contributed by atoms with E-state index >= 15 is 0 Å². The molecule has 2 aromatic rings. The summed E-state index contributed by atoms with van der Waals surface area (Å²) in [6.07, 6.45) is 3.02. The third kappa shape index (κ3) is 2.71. The van der Waals surface area contributed by atoms with Crippen LogP contribution in [0, 0.1) is 0 Å². The molecule has 96 valence electrons. The zero-order chi connectivity index (χ0) is 13.0. The van der Waals surface area contributed by atoms with Gasteiger partial charge in [0.1, 0.15) is 0 Å². The van der Waals surface area contributed by atoms with Crippen molar-refractivity contribution < 1.29 is 5.11 Å². The van der Waals surface area contributed by atoms with Crippen molar-refractivity contribution in [1.29, 1.82) is 0 Å². The highest BCUT2D eigenvalue weighted by molar-refractivity contribution is 5.98. The van der Waals surface area contributed by atoms with Crippen LogP contribution in [0.5, 0.6) is 0 Å². The van der Waals surface area contributed by atoms with E-state index in [1.165, 1.54) is 0 Å². The van der Waals surface area contributed by atoms with Gasteiger partial charge in [-0.1, -0.05) is 6.92 Å². The van der Waals surface area contributed by atoms with Crippen molar-refractivity contribution in [3.8, 4) is 0 Å². The lowest BCUT2D eigenvalue weighted by molar-refractivity contribution is 0.164. The maximum atomic E-state index is 9.52. The Balaban J connectivity index is 2.16. The van der Waals surface area contributed by atoms with Crippen LogP contribution in [0.4, 0.5) is 11.4 Å². The number of hydrogen-bond donors (Lipinski definition) is 3. The van der Waals surface area contributed by atoms with Crippen LogP contribution in [0.25, 0.3) is 10.9 Å². The molecule has 0 fully saturated rings. The van der Waals surface area contributed by atoms with Crippen molar-refractivity contribution in [1.82, 2.24) is 4.98 Å². The van der Waals surface area contributed by atoms with Crippen LogP contribution in [-0.2, 0) is 0 Å². The number of hydrogen-bond acceptors (Lipinski definition) is 4. The number of nitrogen functional groups attached to an aromatic ring is 1. The van der Waals surface area contributed by atoms with Gasteiger partial charge >= 0.3 is 0 Å². The minimum absolute atomic E-state index is 0.240. The Bertz CT molecular complexity index is 527. The summed E-state index contributed by atoms with van der Waals surface area (Å²) in [5.74, 6) is 0. The lowest BCUT2D eigenvalue weighted by atomic mass is 10.1. The highest BCUT2D eigenvalue weighted by Crippen LogP contribution is 2.26. The number of aliphatic hydroxyl groups excluding tert-OH is 1. The topological polar surface area (TPSA) is 71.2 Å². The largest absolute Gasteiger partial charge is 0.397 e. The zero-order valence-corrected chi connectivity index (χ0v) is 10.6. The molecule has 0 spiro atoms. The van der Waals surface area contributed by atoms with Crippen LogP contribution in [0.15, 0.2) is 30.5 Å². The van der Waals surface area contributed by atoms with E-state index in [4.69, 9.17) is 5.73 Å². The van der Waals surface area contributed by atoms with Crippen LogP contribution in [0.3, 0.4) is 0 Å². The van der Waals surface area contributed by atoms with E-state index in [1.807, 2.05) is 31.2 Å². The van der Waals surface area contributed by atoms with Gasteiger partial charge in [0.05, 0.1) is 17.3 Å². The van der Waals surface area contributed by atoms with E-state index in [2.05, 4.69) is 10.3 Å². The van der Waals surface area contributed by atoms with Gasteiger partial charge in [-0.25, -0.2) is 0 Å². The molecule has 4 heteroatoms. The van der Waals surface area contributed by atoms with E-state index in [0.717, 1.165) is 36.0 Å². The van der Waals surface area contributed by atoms with Crippen molar-refractivity contribution in [2.24, 2.45) is 0 Å². The molecule has 1 atom stereocenters. The molecule has 1 heterocycles. The van der Waals surface area contributed by atoms with E-state index in [1.54, 1.807) is 6.20 Å². The first-order valence-electron chi connectivity index (χ1n) is 6.27. The van der Waals surface area contributed by atoms with Crippen LogP contribution in [0.2, 0.25) is 0 Å². The Morgan fingerprint density at radius 3 is 3.00 bits per heavy atom. The fourth-order valence-electron chi connectivity index (χ4n) is 1.93. The number of fused-ring (bicyclic) bond motifs is 1. The minimum Gasteiger partial charge on any atom is -0.397 e. The second kappa shape index (κ2) is 5.69. The monoisotopic (exact) mass is 245 g/mol. The van der Waals surface area contributed by atoms with Gasteiger partial charge in [0.25, 0.3) is 0 Å². The van der Waals surface area contributed by atoms with Gasteiger partial charge in [-0.15, -0.1) is 0 Å². The van der Waals surface area contributed by atoms with Gasteiger partial charge in [0.15, 0.2) is 0 Å². The lowest BCUT2D eigenvalue weighted by Crippen LogP contribution is -2.12. The predicted octanol–water partition coefficient (Wildman–Crippen LogP) is 2.39. The molecule has 0 saturated carbocycles. The number of rotatable bonds is 5. The standard InChI is InChI=1S/C14H19N3O/c1-2-10(18)7-9-16-13-6-5-12(15)14-11(13)4-3-8-17-14/h3-6,8,10,16,18H,2,7,9,15H2,1H3. The van der Waals surface area contributed by atoms with E-state index < -0.39 is 0 Å². The number of anilines is 2. The van der Waals surface area contributed by atoms with Crippen LogP contribution < -0.4 is 11.1 Å². The number of nitrogens with zero attached hydrogens (tertiary/aromatic N) is 1. The highest BCUT2D eigenvalue weighted by Gasteiger charge is 2.05. The number of nitrogens with one attached hydrogen (secondary N) is 1. The minimum atomic E-state index is -0.240. The maximum Gasteiger partial charge on any atom is 0.0951 e. The van der Waals surface area contributed by atoms with E-state index in [9.17, 15) is 5.11 Å². The summed E-state index contributed by atoms with van der Waals surface area (Å²) in [5.41, 5.74) is 8.41. The Kier molecular flexibility index (Phi) is 3.99. The van der Waals surface area contributed by atoms with Crippen LogP contribution in [-0.4, -0.2) is 22.7 Å². The quantitative estimate of drug-likeness (QED) is 0.707. The van der Waals surface area contributed by atoms with Gasteiger partial charge < -0.3 is 16.2 Å². The maximum absolute atomic E-state index is 9.52. The van der Waals surface area contributed by atoms with E-state index in [-0.39, 0.29) is 6.10 Å². The molecule has 0 aliphatic heterocycles. The molecule has 0 radical (unpaired) electrons. The summed E-state index contributed by atoms with van der Waals surface area (Å²) in [6.45, 7) is 2.72. The average Bonchev–Trinajstić information content (AvgIpc) is 2.41. The predicted molar refractivity (Wildman–Crippen MR) is 75.6 cm³/mol. The molecular weight excluding hydrogens is 226 g/mol. The third-order valence-electron chi connectivity index (χ3n) is 3.07. The normalized spacial score (nSPS) is 12.6. The summed E-state index contributed by atoms with van der Waals surface area (Å²) < 4.78 is 0. The van der Waals surface area contributed by atoms with Gasteiger partial charge in [0, 0.05) is 23.8 Å². The summed E-state index contributed by atoms with van der Waals surface area (Å²) >= 11 is 0. The number of nitrogens with two attached hydrogens (primary N) is 1. The molecule has 0 amide bonds. The average molecular weight is 245 g/mol. The smallest absolute Gasteiger partial charge is 0.0951 e. The molecule has 0 saturated heterocycles. The van der Waals surface area contributed by atoms with Crippen molar-refractivity contribution in [2.75, 3.05) is 17.6 Å². The number of aromatic nitrogens is 1. The molecule has 0 bridgehead atoms. The Morgan fingerprint density at radius 1 is 1.39 bits per heavy atom. The van der Waals surface area contributed by atoms with Crippen molar-refractivity contribution in [3.63, 3.8) is 0 Å². The van der Waals surface area contributed by atoms with Gasteiger partial charge in [-0.2, -0.15) is 0 Å². The van der Waals surface area contributed by atoms with Crippen LogP contribution >= 0.6 is 0 Å². The molecule has 1 aromatic heterocycles. The molecule has 2 rings (SSSR count). The third-order valence-corrected chi connectivity index (χ3v) is 3.07. The first kappa shape index (κ1) is 12.6. The summed E-state index contributed by atoms with van der Waals surface area (Å²) in [5, 5.41) is 13.9. The zero-order valence-electron chi connectivity index (χ0n) is 10.6. The summed E-state index contributed by atoms with van der Waals surface area (Å²) in [6, 6.07) is 7.71. The Labute approximate surface area is 107 Å². The molecule has 4 nitrogen and oxygen atoms in total. The molecule has 18 heavy (non-hydrogen) atoms. The van der Waals surface area contributed by atoms with Crippen molar-refractivity contribution in [3.05, 3.63) is 30.5 Å².